The molecule has 0 radical (unpaired) electrons. The van der Waals surface area contributed by atoms with Gasteiger partial charge in [-0.1, -0.05) is 44.2 Å². The SMILES string of the molecule is CC.CO.ONCc1ccccc1. The maximum atomic E-state index is 8.27. The Hall–Kier alpha value is -0.900. The summed E-state index contributed by atoms with van der Waals surface area (Å²) in [4.78, 5) is 0. The molecule has 76 valence electrons. The molecule has 3 N–H and O–H groups in total. The van der Waals surface area contributed by atoms with Crippen molar-refractivity contribution in [3.63, 3.8) is 0 Å². The summed E-state index contributed by atoms with van der Waals surface area (Å²) in [7, 11) is 1.00. The number of rotatable bonds is 2. The quantitative estimate of drug-likeness (QED) is 0.616. The van der Waals surface area contributed by atoms with Gasteiger partial charge in [-0.15, -0.1) is 0 Å². The zero-order valence-electron chi connectivity index (χ0n) is 8.49. The van der Waals surface area contributed by atoms with E-state index in [1.165, 1.54) is 0 Å². The molecule has 0 saturated carbocycles. The number of nitrogens with one attached hydrogen (secondary N) is 1. The first kappa shape index (κ1) is 14.6. The summed E-state index contributed by atoms with van der Waals surface area (Å²) in [5, 5.41) is 15.3. The molecule has 3 heteroatoms. The van der Waals surface area contributed by atoms with Gasteiger partial charge in [-0.3, -0.25) is 0 Å². The maximum Gasteiger partial charge on any atom is 0.0458 e. The van der Waals surface area contributed by atoms with E-state index in [1.54, 1.807) is 0 Å². The zero-order chi connectivity index (χ0) is 10.5. The van der Waals surface area contributed by atoms with E-state index in [4.69, 9.17) is 10.3 Å². The first-order chi connectivity index (χ1) is 6.43. The summed E-state index contributed by atoms with van der Waals surface area (Å²) in [6.07, 6.45) is 0. The molecule has 1 rings (SSSR count). The largest absolute Gasteiger partial charge is 0.400 e. The third kappa shape index (κ3) is 9.01. The minimum Gasteiger partial charge on any atom is -0.400 e. The Morgan fingerprint density at radius 1 is 1.08 bits per heavy atom. The van der Waals surface area contributed by atoms with Gasteiger partial charge < -0.3 is 10.3 Å². The van der Waals surface area contributed by atoms with Gasteiger partial charge in [0.1, 0.15) is 0 Å². The number of hydroxylamine groups is 1. The fraction of sp³-hybridized carbons (Fsp3) is 0.400. The van der Waals surface area contributed by atoms with Gasteiger partial charge in [-0.05, 0) is 5.56 Å². The van der Waals surface area contributed by atoms with Crippen molar-refractivity contribution in [3.8, 4) is 0 Å². The standard InChI is InChI=1S/C7H9NO.C2H6.CH4O/c9-8-6-7-4-2-1-3-5-7;2*1-2/h1-5,8-9H,6H2;1-2H3;2H,1H3. The third-order valence-corrected chi connectivity index (χ3v) is 1.13. The van der Waals surface area contributed by atoms with Crippen LogP contribution in [0.2, 0.25) is 0 Å². The van der Waals surface area contributed by atoms with Crippen molar-refractivity contribution < 1.29 is 10.3 Å². The number of hydrogen-bond acceptors (Lipinski definition) is 3. The molecule has 0 heterocycles. The summed E-state index contributed by atoms with van der Waals surface area (Å²) in [6, 6.07) is 9.71. The lowest BCUT2D eigenvalue weighted by molar-refractivity contribution is 0.161. The molecule has 0 unspecified atom stereocenters. The lowest BCUT2D eigenvalue weighted by Gasteiger charge is -1.94. The van der Waals surface area contributed by atoms with Crippen LogP contribution >= 0.6 is 0 Å². The second-order valence-corrected chi connectivity index (χ2v) is 1.82. The number of aliphatic hydroxyl groups is 1. The molecule has 13 heavy (non-hydrogen) atoms. The normalized spacial score (nSPS) is 7.46. The molecule has 1 aromatic rings. The Labute approximate surface area is 80.0 Å². The van der Waals surface area contributed by atoms with Crippen LogP contribution in [0.3, 0.4) is 0 Å². The van der Waals surface area contributed by atoms with E-state index in [-0.39, 0.29) is 0 Å². The van der Waals surface area contributed by atoms with Crippen molar-refractivity contribution in [2.24, 2.45) is 0 Å². The Balaban J connectivity index is 0. The highest BCUT2D eigenvalue weighted by atomic mass is 16.5. The summed E-state index contributed by atoms with van der Waals surface area (Å²) in [6.45, 7) is 4.51. The summed E-state index contributed by atoms with van der Waals surface area (Å²) in [5.74, 6) is 0. The fourth-order valence-electron chi connectivity index (χ4n) is 0.687. The van der Waals surface area contributed by atoms with Crippen molar-refractivity contribution >= 4 is 0 Å². The molecule has 0 aliphatic carbocycles. The Morgan fingerprint density at radius 3 is 1.92 bits per heavy atom. The minimum absolute atomic E-state index is 0.515. The van der Waals surface area contributed by atoms with Crippen LogP contribution in [0.15, 0.2) is 30.3 Å². The summed E-state index contributed by atoms with van der Waals surface area (Å²) >= 11 is 0. The second-order valence-electron chi connectivity index (χ2n) is 1.82. The molecule has 0 fully saturated rings. The maximum absolute atomic E-state index is 8.27. The molecule has 0 saturated heterocycles. The van der Waals surface area contributed by atoms with Gasteiger partial charge >= 0.3 is 0 Å². The van der Waals surface area contributed by atoms with Crippen molar-refractivity contribution in [3.05, 3.63) is 35.9 Å². The van der Waals surface area contributed by atoms with Gasteiger partial charge in [0.2, 0.25) is 0 Å². The number of hydrogen-bond donors (Lipinski definition) is 3. The van der Waals surface area contributed by atoms with Crippen LogP contribution in [0.4, 0.5) is 0 Å². The van der Waals surface area contributed by atoms with Crippen LogP contribution < -0.4 is 5.48 Å². The van der Waals surface area contributed by atoms with Gasteiger partial charge in [0.15, 0.2) is 0 Å². The highest BCUT2D eigenvalue weighted by molar-refractivity contribution is 5.13. The van der Waals surface area contributed by atoms with Crippen LogP contribution in [0.5, 0.6) is 0 Å². The summed E-state index contributed by atoms with van der Waals surface area (Å²) in [5.41, 5.74) is 3.17. The molecule has 0 aromatic heterocycles. The van der Waals surface area contributed by atoms with E-state index in [0.29, 0.717) is 6.54 Å². The smallest absolute Gasteiger partial charge is 0.0458 e. The van der Waals surface area contributed by atoms with Crippen LogP contribution in [-0.2, 0) is 6.54 Å². The van der Waals surface area contributed by atoms with Gasteiger partial charge in [0, 0.05) is 13.7 Å². The minimum atomic E-state index is 0.515. The Bertz CT molecular complexity index is 166. The molecule has 0 atom stereocenters. The Kier molecular flexibility index (Phi) is 15.4. The van der Waals surface area contributed by atoms with Crippen LogP contribution in [-0.4, -0.2) is 17.4 Å². The van der Waals surface area contributed by atoms with Crippen molar-refractivity contribution in [2.45, 2.75) is 20.4 Å². The van der Waals surface area contributed by atoms with E-state index in [2.05, 4.69) is 5.48 Å². The highest BCUT2D eigenvalue weighted by Gasteiger charge is 1.84. The molecular weight excluding hydrogens is 166 g/mol. The van der Waals surface area contributed by atoms with E-state index in [0.717, 1.165) is 12.7 Å². The third-order valence-electron chi connectivity index (χ3n) is 1.13. The predicted octanol–water partition coefficient (Wildman–Crippen LogP) is 1.80. The highest BCUT2D eigenvalue weighted by Crippen LogP contribution is 1.95. The molecule has 0 aliphatic rings. The lowest BCUT2D eigenvalue weighted by Crippen LogP contribution is -2.05. The Morgan fingerprint density at radius 2 is 1.54 bits per heavy atom. The predicted molar refractivity (Wildman–Crippen MR) is 54.6 cm³/mol. The van der Waals surface area contributed by atoms with Gasteiger partial charge in [0.25, 0.3) is 0 Å². The van der Waals surface area contributed by atoms with E-state index in [1.807, 2.05) is 44.2 Å². The van der Waals surface area contributed by atoms with Gasteiger partial charge in [-0.25, -0.2) is 5.48 Å². The van der Waals surface area contributed by atoms with Crippen LogP contribution in [0.1, 0.15) is 19.4 Å². The van der Waals surface area contributed by atoms with Gasteiger partial charge in [0.05, 0.1) is 0 Å². The van der Waals surface area contributed by atoms with E-state index >= 15 is 0 Å². The summed E-state index contributed by atoms with van der Waals surface area (Å²) < 4.78 is 0. The molecule has 0 spiro atoms. The van der Waals surface area contributed by atoms with Crippen molar-refractivity contribution in [1.82, 2.24) is 5.48 Å². The molecule has 0 amide bonds. The van der Waals surface area contributed by atoms with Crippen LogP contribution in [0, 0.1) is 0 Å². The molecular formula is C10H19NO2. The topological polar surface area (TPSA) is 52.5 Å². The van der Waals surface area contributed by atoms with E-state index < -0.39 is 0 Å². The molecule has 3 nitrogen and oxygen atoms in total. The van der Waals surface area contributed by atoms with Crippen molar-refractivity contribution in [2.75, 3.05) is 7.11 Å². The molecule has 1 aromatic carbocycles. The zero-order valence-corrected chi connectivity index (χ0v) is 8.49. The lowest BCUT2D eigenvalue weighted by atomic mass is 10.2. The van der Waals surface area contributed by atoms with Crippen LogP contribution in [0.25, 0.3) is 0 Å². The first-order valence-electron chi connectivity index (χ1n) is 4.29. The monoisotopic (exact) mass is 185 g/mol. The molecule has 0 aliphatic heterocycles. The fourth-order valence-corrected chi connectivity index (χ4v) is 0.687. The number of benzene rings is 1. The van der Waals surface area contributed by atoms with Crippen molar-refractivity contribution in [1.29, 1.82) is 0 Å². The average Bonchev–Trinajstić information content (AvgIpc) is 2.26. The van der Waals surface area contributed by atoms with Gasteiger partial charge in [-0.2, -0.15) is 0 Å². The number of aliphatic hydroxyl groups excluding tert-OH is 1. The first-order valence-corrected chi connectivity index (χ1v) is 4.29. The second kappa shape index (κ2) is 13.7. The molecule has 0 bridgehead atoms. The van der Waals surface area contributed by atoms with E-state index in [9.17, 15) is 0 Å². The average molecular weight is 185 g/mol.